The highest BCUT2D eigenvalue weighted by molar-refractivity contribution is 7.86. The first-order chi connectivity index (χ1) is 17.4. The Morgan fingerprint density at radius 3 is 2.24 bits per heavy atom. The van der Waals surface area contributed by atoms with Gasteiger partial charge in [0.1, 0.15) is 21.2 Å². The quantitative estimate of drug-likeness (QED) is 0.170. The lowest BCUT2D eigenvalue weighted by Gasteiger charge is -2.11. The Kier molecular flexibility index (Phi) is 6.94. The molecule has 0 fully saturated rings. The number of rotatable bonds is 7. The molecule has 37 heavy (non-hydrogen) atoms. The van der Waals surface area contributed by atoms with Crippen LogP contribution in [0.25, 0.3) is 21.5 Å². The van der Waals surface area contributed by atoms with Gasteiger partial charge in [0.15, 0.2) is 5.75 Å². The molecule has 0 saturated carbocycles. The number of hydrogen-bond acceptors (Lipinski definition) is 9. The summed E-state index contributed by atoms with van der Waals surface area (Å²) in [6.45, 7) is 0.0209. The lowest BCUT2D eigenvalue weighted by molar-refractivity contribution is -0.115. The Morgan fingerprint density at radius 2 is 1.57 bits per heavy atom. The third kappa shape index (κ3) is 5.42. The molecule has 192 valence electrons. The van der Waals surface area contributed by atoms with E-state index < -0.39 is 41.5 Å². The predicted octanol–water partition coefficient (Wildman–Crippen LogP) is 3.77. The third-order valence-corrected chi connectivity index (χ3v) is 7.14. The van der Waals surface area contributed by atoms with Crippen molar-refractivity contribution in [2.75, 3.05) is 18.9 Å². The molecule has 0 unspecified atom stereocenters. The fourth-order valence-electron chi connectivity index (χ4n) is 3.76. The number of aromatic hydroxyl groups is 1. The lowest BCUT2D eigenvalue weighted by Crippen LogP contribution is -2.24. The minimum atomic E-state index is -4.92. The zero-order chi connectivity index (χ0) is 27.0. The number of benzene rings is 4. The highest BCUT2D eigenvalue weighted by atomic mass is 32.2. The maximum Gasteiger partial charge on any atom is 0.297 e. The SMILES string of the molecule is CNCC(=O)Nc1ccc2cc(S(=O)(=O)O)c(N=Nc3ccc4ccccc4c3S(=O)(=O)O)c(O)c2c1. The number of likely N-dealkylation sites (N-methyl/N-ethyl adjacent to an activating group) is 1. The number of phenols is 1. The summed E-state index contributed by atoms with van der Waals surface area (Å²) in [7, 11) is -8.13. The van der Waals surface area contributed by atoms with Gasteiger partial charge in [0.05, 0.1) is 6.54 Å². The van der Waals surface area contributed by atoms with Crippen molar-refractivity contribution in [2.24, 2.45) is 10.2 Å². The standard InChI is InChI=1S/C23H20N4O8S2/c1-24-12-20(28)25-15-8-6-14-10-19(36(30,31)32)21(22(29)17(14)11-15)27-26-18-9-7-13-4-2-3-5-16(13)23(18)37(33,34)35/h2-11,24,29H,12H2,1H3,(H,25,28)(H,30,31,32)(H,33,34,35). The minimum absolute atomic E-state index is 0.0209. The number of carbonyl (C=O) groups is 1. The van der Waals surface area contributed by atoms with E-state index in [1.54, 1.807) is 25.2 Å². The van der Waals surface area contributed by atoms with Gasteiger partial charge >= 0.3 is 0 Å². The topological polar surface area (TPSA) is 195 Å². The van der Waals surface area contributed by atoms with Crippen LogP contribution in [0.3, 0.4) is 0 Å². The van der Waals surface area contributed by atoms with Crippen LogP contribution < -0.4 is 10.6 Å². The van der Waals surface area contributed by atoms with Crippen LogP contribution in [0.5, 0.6) is 5.75 Å². The molecule has 4 aromatic carbocycles. The molecule has 1 amide bonds. The van der Waals surface area contributed by atoms with Crippen LogP contribution in [0, 0.1) is 0 Å². The van der Waals surface area contributed by atoms with E-state index in [0.717, 1.165) is 6.07 Å². The van der Waals surface area contributed by atoms with E-state index in [0.29, 0.717) is 5.39 Å². The molecule has 4 aromatic rings. The Hall–Kier alpha value is -3.95. The molecule has 14 heteroatoms. The molecule has 5 N–H and O–H groups in total. The maximum atomic E-state index is 12.1. The van der Waals surface area contributed by atoms with Crippen LogP contribution in [-0.4, -0.2) is 50.5 Å². The first-order valence-corrected chi connectivity index (χ1v) is 13.4. The molecule has 0 spiro atoms. The summed E-state index contributed by atoms with van der Waals surface area (Å²) in [5, 5.41) is 24.6. The minimum Gasteiger partial charge on any atom is -0.505 e. The van der Waals surface area contributed by atoms with Crippen molar-refractivity contribution in [1.82, 2.24) is 5.32 Å². The molecule has 0 heterocycles. The monoisotopic (exact) mass is 544 g/mol. The second-order valence-corrected chi connectivity index (χ2v) is 10.6. The molecule has 0 radical (unpaired) electrons. The molecule has 4 rings (SSSR count). The predicted molar refractivity (Wildman–Crippen MR) is 136 cm³/mol. The van der Waals surface area contributed by atoms with Crippen LogP contribution in [-0.2, 0) is 25.0 Å². The molecule has 12 nitrogen and oxygen atoms in total. The molecule has 0 aromatic heterocycles. The Balaban J connectivity index is 1.92. The molecule has 0 saturated heterocycles. The highest BCUT2D eigenvalue weighted by Gasteiger charge is 2.24. The molecular formula is C23H20N4O8S2. The highest BCUT2D eigenvalue weighted by Crippen LogP contribution is 2.43. The number of anilines is 1. The Morgan fingerprint density at radius 1 is 0.865 bits per heavy atom. The number of hydrogen-bond donors (Lipinski definition) is 5. The van der Waals surface area contributed by atoms with Gasteiger partial charge in [-0.3, -0.25) is 13.9 Å². The van der Waals surface area contributed by atoms with E-state index in [2.05, 4.69) is 20.9 Å². The summed E-state index contributed by atoms with van der Waals surface area (Å²) in [4.78, 5) is 10.5. The zero-order valence-corrected chi connectivity index (χ0v) is 20.7. The van der Waals surface area contributed by atoms with Crippen LogP contribution in [0.15, 0.2) is 80.7 Å². The number of fused-ring (bicyclic) bond motifs is 2. The van der Waals surface area contributed by atoms with Gasteiger partial charge in [-0.1, -0.05) is 36.4 Å². The number of amides is 1. The number of carbonyl (C=O) groups excluding carboxylic acids is 1. The molecule has 0 aliphatic rings. The molecule has 0 bridgehead atoms. The van der Waals surface area contributed by atoms with Crippen molar-refractivity contribution in [1.29, 1.82) is 0 Å². The van der Waals surface area contributed by atoms with Gasteiger partial charge in [-0.15, -0.1) is 10.2 Å². The average molecular weight is 545 g/mol. The van der Waals surface area contributed by atoms with Gasteiger partial charge in [0, 0.05) is 16.5 Å². The summed E-state index contributed by atoms with van der Waals surface area (Å²) < 4.78 is 68.1. The molecule has 0 aliphatic heterocycles. The summed E-state index contributed by atoms with van der Waals surface area (Å²) >= 11 is 0. The molecule has 0 aliphatic carbocycles. The fraction of sp³-hybridized carbons (Fsp3) is 0.0870. The Bertz CT molecular complexity index is 1800. The zero-order valence-electron chi connectivity index (χ0n) is 19.1. The second kappa shape index (κ2) is 9.84. The van der Waals surface area contributed by atoms with Gasteiger partial charge < -0.3 is 15.7 Å². The first kappa shape index (κ1) is 26.1. The van der Waals surface area contributed by atoms with E-state index in [4.69, 9.17) is 0 Å². The largest absolute Gasteiger partial charge is 0.505 e. The van der Waals surface area contributed by atoms with E-state index >= 15 is 0 Å². The summed E-state index contributed by atoms with van der Waals surface area (Å²) in [6, 6.07) is 14.3. The third-order valence-electron chi connectivity index (χ3n) is 5.33. The van der Waals surface area contributed by atoms with Gasteiger partial charge in [-0.2, -0.15) is 16.8 Å². The number of nitrogens with zero attached hydrogens (tertiary/aromatic N) is 2. The van der Waals surface area contributed by atoms with Crippen molar-refractivity contribution in [2.45, 2.75) is 9.79 Å². The second-order valence-electron chi connectivity index (χ2n) is 7.87. The summed E-state index contributed by atoms with van der Waals surface area (Å²) in [5.74, 6) is -1.07. The normalized spacial score (nSPS) is 12.4. The van der Waals surface area contributed by atoms with Gasteiger partial charge in [-0.05, 0) is 42.1 Å². The summed E-state index contributed by atoms with van der Waals surface area (Å²) in [6.07, 6.45) is 0. The summed E-state index contributed by atoms with van der Waals surface area (Å²) in [5.41, 5.74) is -0.730. The van der Waals surface area contributed by atoms with E-state index in [9.17, 15) is 35.8 Å². The van der Waals surface area contributed by atoms with Gasteiger partial charge in [-0.25, -0.2) is 0 Å². The van der Waals surface area contributed by atoms with Gasteiger partial charge in [0.2, 0.25) is 5.91 Å². The van der Waals surface area contributed by atoms with Crippen molar-refractivity contribution in [3.63, 3.8) is 0 Å². The smallest absolute Gasteiger partial charge is 0.297 e. The number of azo groups is 1. The first-order valence-electron chi connectivity index (χ1n) is 10.5. The van der Waals surface area contributed by atoms with Crippen LogP contribution >= 0.6 is 0 Å². The fourth-order valence-corrected chi connectivity index (χ4v) is 5.26. The van der Waals surface area contributed by atoms with E-state index in [-0.39, 0.29) is 40.0 Å². The molecule has 0 atom stereocenters. The van der Waals surface area contributed by atoms with E-state index in [1.165, 1.54) is 36.4 Å². The Labute approximate surface area is 211 Å². The van der Waals surface area contributed by atoms with Crippen molar-refractivity contribution >= 4 is 64.8 Å². The molecular weight excluding hydrogens is 524 g/mol. The van der Waals surface area contributed by atoms with E-state index in [1.807, 2.05) is 0 Å². The van der Waals surface area contributed by atoms with Crippen LogP contribution in [0.2, 0.25) is 0 Å². The number of nitrogens with one attached hydrogen (secondary N) is 2. The number of phenolic OH excluding ortho intramolecular Hbond substituents is 1. The van der Waals surface area contributed by atoms with Gasteiger partial charge in [0.25, 0.3) is 20.2 Å². The van der Waals surface area contributed by atoms with Crippen LogP contribution in [0.4, 0.5) is 17.1 Å². The van der Waals surface area contributed by atoms with Crippen molar-refractivity contribution < 1.29 is 35.8 Å². The lowest BCUT2D eigenvalue weighted by atomic mass is 10.1. The van der Waals surface area contributed by atoms with Crippen molar-refractivity contribution in [3.8, 4) is 5.75 Å². The maximum absolute atomic E-state index is 12.1. The average Bonchev–Trinajstić information content (AvgIpc) is 2.82. The van der Waals surface area contributed by atoms with Crippen LogP contribution in [0.1, 0.15) is 0 Å². The van der Waals surface area contributed by atoms with Crippen molar-refractivity contribution in [3.05, 3.63) is 60.7 Å².